The molecule has 0 unspecified atom stereocenters. The molecule has 1 aliphatic rings. The predicted molar refractivity (Wildman–Crippen MR) is 106 cm³/mol. The van der Waals surface area contributed by atoms with Crippen LogP contribution in [-0.4, -0.2) is 41.4 Å². The average molecular weight is 394 g/mol. The van der Waals surface area contributed by atoms with E-state index in [0.29, 0.717) is 18.7 Å². The van der Waals surface area contributed by atoms with Crippen molar-refractivity contribution in [3.8, 4) is 5.75 Å². The Hall–Kier alpha value is -3.88. The molecule has 4 rings (SSSR count). The number of nitro groups is 1. The molecule has 0 bridgehead atoms. The van der Waals surface area contributed by atoms with Crippen LogP contribution in [0.5, 0.6) is 5.75 Å². The third-order valence-corrected chi connectivity index (χ3v) is 4.79. The highest BCUT2D eigenvalue weighted by Gasteiger charge is 2.29. The highest BCUT2D eigenvalue weighted by Crippen LogP contribution is 2.35. The number of nitrogens with zero attached hydrogens (tertiary/aromatic N) is 2. The quantitative estimate of drug-likeness (QED) is 0.491. The van der Waals surface area contributed by atoms with E-state index in [0.717, 1.165) is 16.5 Å². The van der Waals surface area contributed by atoms with Crippen molar-refractivity contribution in [2.75, 3.05) is 24.6 Å². The first-order chi connectivity index (χ1) is 14.0. The minimum absolute atomic E-state index is 0.174. The number of ether oxygens (including phenoxy) is 1. The number of hydrogen-bond donors (Lipinski definition) is 2. The zero-order valence-corrected chi connectivity index (χ0v) is 15.4. The number of non-ortho nitro benzene ring substituents is 1. The molecule has 2 amide bonds. The second-order valence-electron chi connectivity index (χ2n) is 6.64. The molecule has 3 aromatic rings. The van der Waals surface area contributed by atoms with Gasteiger partial charge in [-0.25, -0.2) is 0 Å². The van der Waals surface area contributed by atoms with Crippen molar-refractivity contribution < 1.29 is 19.2 Å². The van der Waals surface area contributed by atoms with Gasteiger partial charge in [-0.3, -0.25) is 24.6 Å². The molecule has 9 nitrogen and oxygen atoms in total. The van der Waals surface area contributed by atoms with E-state index in [2.05, 4.69) is 10.3 Å². The molecule has 0 saturated carbocycles. The molecule has 2 aromatic carbocycles. The third kappa shape index (κ3) is 3.75. The monoisotopic (exact) mass is 394 g/mol. The molecule has 0 fully saturated rings. The summed E-state index contributed by atoms with van der Waals surface area (Å²) in [5.41, 5.74) is 2.17. The van der Waals surface area contributed by atoms with Crippen molar-refractivity contribution in [2.45, 2.75) is 6.42 Å². The fourth-order valence-electron chi connectivity index (χ4n) is 3.35. The number of benzene rings is 2. The number of nitro benzene ring substituents is 1. The number of nitrogens with one attached hydrogen (secondary N) is 2. The predicted octanol–water partition coefficient (Wildman–Crippen LogP) is 2.16. The van der Waals surface area contributed by atoms with E-state index >= 15 is 0 Å². The SMILES string of the molecule is O=C(CN1C(=O)COc2ccc([N+](=O)[O-])cc21)NCCc1c[nH]c2ccccc12. The van der Waals surface area contributed by atoms with Gasteiger partial charge in [0.25, 0.3) is 11.6 Å². The molecule has 9 heteroatoms. The topological polar surface area (TPSA) is 118 Å². The maximum atomic E-state index is 12.4. The van der Waals surface area contributed by atoms with E-state index in [1.165, 1.54) is 23.1 Å². The van der Waals surface area contributed by atoms with E-state index in [9.17, 15) is 19.7 Å². The lowest BCUT2D eigenvalue weighted by atomic mass is 10.1. The summed E-state index contributed by atoms with van der Waals surface area (Å²) in [6.45, 7) is -0.0430. The molecular weight excluding hydrogens is 376 g/mol. The summed E-state index contributed by atoms with van der Waals surface area (Å²) < 4.78 is 5.30. The maximum absolute atomic E-state index is 12.4. The highest BCUT2D eigenvalue weighted by molar-refractivity contribution is 6.02. The second-order valence-corrected chi connectivity index (χ2v) is 6.64. The minimum atomic E-state index is -0.557. The van der Waals surface area contributed by atoms with Crippen molar-refractivity contribution in [3.05, 3.63) is 64.3 Å². The van der Waals surface area contributed by atoms with E-state index in [1.54, 1.807) is 0 Å². The summed E-state index contributed by atoms with van der Waals surface area (Å²) in [5.74, 6) is -0.441. The third-order valence-electron chi connectivity index (χ3n) is 4.79. The standard InChI is InChI=1S/C20H18N4O5/c25-19(21-8-7-13-10-22-16-4-2-1-3-15(13)16)11-23-17-9-14(24(27)28)5-6-18(17)29-12-20(23)26/h1-6,9-10,22H,7-8,11-12H2,(H,21,25). The largest absolute Gasteiger partial charge is 0.482 e. The van der Waals surface area contributed by atoms with Crippen LogP contribution in [0.2, 0.25) is 0 Å². The van der Waals surface area contributed by atoms with Gasteiger partial charge in [0.15, 0.2) is 6.61 Å². The number of carbonyl (C=O) groups excluding carboxylic acids is 2. The number of amides is 2. The van der Waals surface area contributed by atoms with Crippen LogP contribution in [0, 0.1) is 10.1 Å². The van der Waals surface area contributed by atoms with E-state index < -0.39 is 10.8 Å². The number of fused-ring (bicyclic) bond motifs is 2. The van der Waals surface area contributed by atoms with Gasteiger partial charge in [0.1, 0.15) is 12.3 Å². The van der Waals surface area contributed by atoms with Crippen molar-refractivity contribution in [1.29, 1.82) is 0 Å². The van der Waals surface area contributed by atoms with Crippen LogP contribution < -0.4 is 15.0 Å². The number of aromatic amines is 1. The van der Waals surface area contributed by atoms with Gasteiger partial charge in [0, 0.05) is 35.8 Å². The fourth-order valence-corrected chi connectivity index (χ4v) is 3.35. The zero-order valence-electron chi connectivity index (χ0n) is 15.4. The Morgan fingerprint density at radius 2 is 2.10 bits per heavy atom. The molecule has 29 heavy (non-hydrogen) atoms. The summed E-state index contributed by atoms with van der Waals surface area (Å²) in [5, 5.41) is 14.9. The van der Waals surface area contributed by atoms with Crippen LogP contribution in [0.4, 0.5) is 11.4 Å². The first kappa shape index (κ1) is 18.5. The van der Waals surface area contributed by atoms with Crippen molar-refractivity contribution >= 4 is 34.1 Å². The Labute approximate surface area is 165 Å². The van der Waals surface area contributed by atoms with Crippen LogP contribution in [0.1, 0.15) is 5.56 Å². The first-order valence-electron chi connectivity index (χ1n) is 9.06. The molecule has 0 saturated heterocycles. The van der Waals surface area contributed by atoms with E-state index in [4.69, 9.17) is 4.74 Å². The molecule has 2 heterocycles. The molecule has 0 radical (unpaired) electrons. The van der Waals surface area contributed by atoms with Gasteiger partial charge in [-0.1, -0.05) is 18.2 Å². The van der Waals surface area contributed by atoms with Gasteiger partial charge in [0.2, 0.25) is 5.91 Å². The number of para-hydroxylation sites is 1. The molecular formula is C20H18N4O5. The lowest BCUT2D eigenvalue weighted by Gasteiger charge is -2.28. The number of carbonyl (C=O) groups is 2. The number of H-pyrrole nitrogens is 1. The summed E-state index contributed by atoms with van der Waals surface area (Å²) in [4.78, 5) is 39.5. The lowest BCUT2D eigenvalue weighted by molar-refractivity contribution is -0.384. The number of anilines is 1. The Balaban J connectivity index is 1.41. The Morgan fingerprint density at radius 3 is 2.93 bits per heavy atom. The molecule has 1 aliphatic heterocycles. The van der Waals surface area contributed by atoms with Gasteiger partial charge in [-0.05, 0) is 24.1 Å². The smallest absolute Gasteiger partial charge is 0.271 e. The Kier molecular flexibility index (Phi) is 4.86. The molecule has 0 aliphatic carbocycles. The summed E-state index contributed by atoms with van der Waals surface area (Å²) in [6, 6.07) is 11.9. The van der Waals surface area contributed by atoms with E-state index in [1.807, 2.05) is 30.5 Å². The van der Waals surface area contributed by atoms with Crippen molar-refractivity contribution in [2.24, 2.45) is 0 Å². The van der Waals surface area contributed by atoms with Crippen LogP contribution in [0.3, 0.4) is 0 Å². The molecule has 0 spiro atoms. The van der Waals surface area contributed by atoms with Gasteiger partial charge < -0.3 is 15.0 Å². The van der Waals surface area contributed by atoms with Crippen molar-refractivity contribution in [3.63, 3.8) is 0 Å². The van der Waals surface area contributed by atoms with Crippen LogP contribution in [-0.2, 0) is 16.0 Å². The number of aromatic nitrogens is 1. The van der Waals surface area contributed by atoms with Gasteiger partial charge in [-0.15, -0.1) is 0 Å². The summed E-state index contributed by atoms with van der Waals surface area (Å²) in [6.07, 6.45) is 2.55. The van der Waals surface area contributed by atoms with Gasteiger partial charge in [-0.2, -0.15) is 0 Å². The molecule has 148 valence electrons. The molecule has 0 atom stereocenters. The minimum Gasteiger partial charge on any atom is -0.482 e. The highest BCUT2D eigenvalue weighted by atomic mass is 16.6. The zero-order chi connectivity index (χ0) is 20.4. The average Bonchev–Trinajstić information content (AvgIpc) is 3.13. The normalized spacial score (nSPS) is 13.1. The molecule has 1 aromatic heterocycles. The maximum Gasteiger partial charge on any atom is 0.271 e. The first-order valence-corrected chi connectivity index (χ1v) is 9.06. The van der Waals surface area contributed by atoms with Gasteiger partial charge in [0.05, 0.1) is 10.6 Å². The van der Waals surface area contributed by atoms with Crippen LogP contribution in [0.25, 0.3) is 10.9 Å². The van der Waals surface area contributed by atoms with Gasteiger partial charge >= 0.3 is 0 Å². The lowest BCUT2D eigenvalue weighted by Crippen LogP contribution is -2.45. The van der Waals surface area contributed by atoms with Crippen LogP contribution in [0.15, 0.2) is 48.7 Å². The molecule has 2 N–H and O–H groups in total. The van der Waals surface area contributed by atoms with Crippen LogP contribution >= 0.6 is 0 Å². The summed E-state index contributed by atoms with van der Waals surface area (Å²) in [7, 11) is 0. The van der Waals surface area contributed by atoms with E-state index in [-0.39, 0.29) is 30.4 Å². The van der Waals surface area contributed by atoms with Crippen molar-refractivity contribution in [1.82, 2.24) is 10.3 Å². The number of rotatable bonds is 6. The Bertz CT molecular complexity index is 1110. The number of hydrogen-bond acceptors (Lipinski definition) is 5. The fraction of sp³-hybridized carbons (Fsp3) is 0.200. The second kappa shape index (κ2) is 7.63. The Morgan fingerprint density at radius 1 is 1.28 bits per heavy atom. The summed E-state index contributed by atoms with van der Waals surface area (Å²) >= 11 is 0.